The molecule has 0 unspecified atom stereocenters. The van der Waals surface area contributed by atoms with Crippen molar-refractivity contribution in [3.8, 4) is 0 Å². The third kappa shape index (κ3) is 4.34. The number of likely N-dealkylation sites (tertiary alicyclic amines) is 1. The Labute approximate surface area is 142 Å². The molecule has 1 N–H and O–H groups in total. The Morgan fingerprint density at radius 1 is 1.29 bits per heavy atom. The summed E-state index contributed by atoms with van der Waals surface area (Å²) in [5, 5.41) is 2.67. The Bertz CT molecular complexity index is 613. The first-order valence-corrected chi connectivity index (χ1v) is 8.05. The van der Waals surface area contributed by atoms with Gasteiger partial charge in [-0.05, 0) is 25.8 Å². The van der Waals surface area contributed by atoms with Crippen LogP contribution in [0.4, 0.5) is 0 Å². The standard InChI is InChI=1S/C18H24N2O4/c1-18(2,17(23)24-3)19-16(22)14-11-15(21)20(12-14)10-9-13-7-5-4-6-8-13/h4-8,14H,9-12H2,1-3H3,(H,19,22)/t14-/m1/s1. The second-order valence-electron chi connectivity index (χ2n) is 6.58. The number of rotatable bonds is 6. The SMILES string of the molecule is COC(=O)C(C)(C)NC(=O)[C@@H]1CC(=O)N(CCc2ccccc2)C1. The van der Waals surface area contributed by atoms with Crippen molar-refractivity contribution in [3.63, 3.8) is 0 Å². The fraction of sp³-hybridized carbons (Fsp3) is 0.500. The Kier molecular flexibility index (Phi) is 5.59. The minimum Gasteiger partial charge on any atom is -0.467 e. The highest BCUT2D eigenvalue weighted by Crippen LogP contribution is 2.20. The van der Waals surface area contributed by atoms with E-state index in [1.165, 1.54) is 7.11 Å². The van der Waals surface area contributed by atoms with Crippen LogP contribution in [0.25, 0.3) is 0 Å². The molecule has 2 amide bonds. The summed E-state index contributed by atoms with van der Waals surface area (Å²) in [5.41, 5.74) is 0.0526. The van der Waals surface area contributed by atoms with Crippen LogP contribution in [-0.4, -0.2) is 48.4 Å². The number of benzene rings is 1. The molecule has 6 heteroatoms. The van der Waals surface area contributed by atoms with Crippen LogP contribution in [0.15, 0.2) is 30.3 Å². The van der Waals surface area contributed by atoms with E-state index in [0.717, 1.165) is 12.0 Å². The monoisotopic (exact) mass is 332 g/mol. The quantitative estimate of drug-likeness (QED) is 0.793. The summed E-state index contributed by atoms with van der Waals surface area (Å²) in [4.78, 5) is 37.8. The van der Waals surface area contributed by atoms with Crippen molar-refractivity contribution in [2.24, 2.45) is 5.92 Å². The lowest BCUT2D eigenvalue weighted by molar-refractivity contribution is -0.149. The van der Waals surface area contributed by atoms with Gasteiger partial charge in [-0.15, -0.1) is 0 Å². The third-order valence-electron chi connectivity index (χ3n) is 4.23. The van der Waals surface area contributed by atoms with E-state index < -0.39 is 17.4 Å². The third-order valence-corrected chi connectivity index (χ3v) is 4.23. The van der Waals surface area contributed by atoms with Crippen molar-refractivity contribution >= 4 is 17.8 Å². The van der Waals surface area contributed by atoms with Gasteiger partial charge in [0.15, 0.2) is 0 Å². The fourth-order valence-electron chi connectivity index (χ4n) is 2.79. The molecule has 1 aromatic carbocycles. The molecule has 0 aromatic heterocycles. The van der Waals surface area contributed by atoms with E-state index in [1.54, 1.807) is 18.7 Å². The zero-order valence-corrected chi connectivity index (χ0v) is 14.4. The number of nitrogens with one attached hydrogen (secondary N) is 1. The number of ether oxygens (including phenoxy) is 1. The van der Waals surface area contributed by atoms with Crippen molar-refractivity contribution < 1.29 is 19.1 Å². The first-order chi connectivity index (χ1) is 11.3. The van der Waals surface area contributed by atoms with Gasteiger partial charge in [-0.2, -0.15) is 0 Å². The lowest BCUT2D eigenvalue weighted by Gasteiger charge is -2.25. The van der Waals surface area contributed by atoms with E-state index in [-0.39, 0.29) is 18.2 Å². The Hall–Kier alpha value is -2.37. The summed E-state index contributed by atoms with van der Waals surface area (Å²) in [6.07, 6.45) is 0.937. The normalized spacial score (nSPS) is 17.7. The van der Waals surface area contributed by atoms with E-state index in [0.29, 0.717) is 13.1 Å². The molecule has 0 aliphatic carbocycles. The molecule has 2 rings (SSSR count). The van der Waals surface area contributed by atoms with Gasteiger partial charge in [0.05, 0.1) is 13.0 Å². The molecule has 130 valence electrons. The number of amides is 2. The number of nitrogens with zero attached hydrogens (tertiary/aromatic N) is 1. The number of methoxy groups -OCH3 is 1. The molecule has 1 aliphatic heterocycles. The van der Waals surface area contributed by atoms with Crippen LogP contribution in [0, 0.1) is 5.92 Å². The molecule has 0 radical (unpaired) electrons. The van der Waals surface area contributed by atoms with Gasteiger partial charge in [0.25, 0.3) is 0 Å². The Morgan fingerprint density at radius 3 is 2.58 bits per heavy atom. The molecular formula is C18H24N2O4. The van der Waals surface area contributed by atoms with Gasteiger partial charge in [0, 0.05) is 19.5 Å². The molecule has 0 bridgehead atoms. The summed E-state index contributed by atoms with van der Waals surface area (Å²) >= 11 is 0. The maximum atomic E-state index is 12.3. The van der Waals surface area contributed by atoms with Crippen LogP contribution >= 0.6 is 0 Å². The Morgan fingerprint density at radius 2 is 1.96 bits per heavy atom. The van der Waals surface area contributed by atoms with Gasteiger partial charge in [-0.3, -0.25) is 9.59 Å². The van der Waals surface area contributed by atoms with Crippen LogP contribution in [0.5, 0.6) is 0 Å². The van der Waals surface area contributed by atoms with Gasteiger partial charge in [0.1, 0.15) is 5.54 Å². The first kappa shape index (κ1) is 18.0. The number of carbonyl (C=O) groups excluding carboxylic acids is 3. The van der Waals surface area contributed by atoms with Crippen LogP contribution in [0.3, 0.4) is 0 Å². The highest BCUT2D eigenvalue weighted by atomic mass is 16.5. The van der Waals surface area contributed by atoms with E-state index >= 15 is 0 Å². The zero-order valence-electron chi connectivity index (χ0n) is 14.4. The molecular weight excluding hydrogens is 308 g/mol. The predicted molar refractivity (Wildman–Crippen MR) is 89.1 cm³/mol. The second kappa shape index (κ2) is 7.47. The number of esters is 1. The number of carbonyl (C=O) groups is 3. The molecule has 1 fully saturated rings. The highest BCUT2D eigenvalue weighted by molar-refractivity contribution is 5.92. The maximum absolute atomic E-state index is 12.3. The van der Waals surface area contributed by atoms with Crippen molar-refractivity contribution in [2.75, 3.05) is 20.2 Å². The summed E-state index contributed by atoms with van der Waals surface area (Å²) in [7, 11) is 1.28. The van der Waals surface area contributed by atoms with E-state index in [2.05, 4.69) is 10.1 Å². The number of hydrogen-bond acceptors (Lipinski definition) is 4. The molecule has 0 spiro atoms. The first-order valence-electron chi connectivity index (χ1n) is 8.05. The zero-order chi connectivity index (χ0) is 17.7. The summed E-state index contributed by atoms with van der Waals surface area (Å²) in [5.74, 6) is -1.26. The van der Waals surface area contributed by atoms with E-state index in [4.69, 9.17) is 0 Å². The smallest absolute Gasteiger partial charge is 0.330 e. The fourth-order valence-corrected chi connectivity index (χ4v) is 2.79. The topological polar surface area (TPSA) is 75.7 Å². The largest absolute Gasteiger partial charge is 0.467 e. The maximum Gasteiger partial charge on any atom is 0.330 e. The predicted octanol–water partition coefficient (Wildman–Crippen LogP) is 1.15. The summed E-state index contributed by atoms with van der Waals surface area (Å²) in [6, 6.07) is 9.92. The van der Waals surface area contributed by atoms with E-state index in [9.17, 15) is 14.4 Å². The van der Waals surface area contributed by atoms with Gasteiger partial charge < -0.3 is 15.0 Å². The van der Waals surface area contributed by atoms with Crippen LogP contribution < -0.4 is 5.32 Å². The van der Waals surface area contributed by atoms with Gasteiger partial charge in [-0.25, -0.2) is 4.79 Å². The molecule has 6 nitrogen and oxygen atoms in total. The molecule has 1 aliphatic rings. The van der Waals surface area contributed by atoms with Crippen molar-refractivity contribution in [1.29, 1.82) is 0 Å². The minimum atomic E-state index is -1.10. The van der Waals surface area contributed by atoms with Crippen molar-refractivity contribution in [3.05, 3.63) is 35.9 Å². The van der Waals surface area contributed by atoms with Crippen molar-refractivity contribution in [1.82, 2.24) is 10.2 Å². The Balaban J connectivity index is 1.89. The van der Waals surface area contributed by atoms with Crippen molar-refractivity contribution in [2.45, 2.75) is 32.2 Å². The molecule has 24 heavy (non-hydrogen) atoms. The van der Waals surface area contributed by atoms with Crippen LogP contribution in [0.2, 0.25) is 0 Å². The number of hydrogen-bond donors (Lipinski definition) is 1. The van der Waals surface area contributed by atoms with Gasteiger partial charge >= 0.3 is 5.97 Å². The van der Waals surface area contributed by atoms with Crippen LogP contribution in [-0.2, 0) is 25.5 Å². The van der Waals surface area contributed by atoms with Crippen LogP contribution in [0.1, 0.15) is 25.8 Å². The average Bonchev–Trinajstić information content (AvgIpc) is 2.94. The van der Waals surface area contributed by atoms with Gasteiger partial charge in [-0.1, -0.05) is 30.3 Å². The molecule has 1 atom stereocenters. The molecule has 0 saturated carbocycles. The average molecular weight is 332 g/mol. The lowest BCUT2D eigenvalue weighted by atomic mass is 10.0. The molecule has 1 aromatic rings. The summed E-state index contributed by atoms with van der Waals surface area (Å²) < 4.78 is 4.68. The van der Waals surface area contributed by atoms with Gasteiger partial charge in [0.2, 0.25) is 11.8 Å². The highest BCUT2D eigenvalue weighted by Gasteiger charge is 2.38. The minimum absolute atomic E-state index is 0.0260. The summed E-state index contributed by atoms with van der Waals surface area (Å²) in [6.45, 7) is 4.14. The van der Waals surface area contributed by atoms with E-state index in [1.807, 2.05) is 30.3 Å². The second-order valence-corrected chi connectivity index (χ2v) is 6.58. The molecule has 1 saturated heterocycles. The molecule has 1 heterocycles. The lowest BCUT2D eigenvalue weighted by Crippen LogP contribution is -2.52.